The summed E-state index contributed by atoms with van der Waals surface area (Å²) in [5, 5.41) is 2.91. The lowest BCUT2D eigenvalue weighted by Crippen LogP contribution is -2.26. The van der Waals surface area contributed by atoms with Crippen molar-refractivity contribution in [3.8, 4) is 0 Å². The Labute approximate surface area is 154 Å². The summed E-state index contributed by atoms with van der Waals surface area (Å²) < 4.78 is 4.97. The number of fused-ring (bicyclic) bond motifs is 1. The maximum absolute atomic E-state index is 12.5. The minimum atomic E-state index is -0.404. The van der Waals surface area contributed by atoms with Crippen LogP contribution in [-0.2, 0) is 17.6 Å². The van der Waals surface area contributed by atoms with Crippen LogP contribution in [0.1, 0.15) is 41.3 Å². The largest absolute Gasteiger partial charge is 0.449 e. The Hall–Kier alpha value is -2.82. The molecule has 0 saturated heterocycles. The summed E-state index contributed by atoms with van der Waals surface area (Å²) in [6.07, 6.45) is 4.16. The Morgan fingerprint density at radius 1 is 1.04 bits per heavy atom. The Balaban J connectivity index is 1.67. The summed E-state index contributed by atoms with van der Waals surface area (Å²) in [7, 11) is 1.65. The molecule has 136 valence electrons. The third kappa shape index (κ3) is 4.04. The van der Waals surface area contributed by atoms with Gasteiger partial charge >= 0.3 is 6.09 Å². The highest BCUT2D eigenvalue weighted by Crippen LogP contribution is 2.23. The van der Waals surface area contributed by atoms with Gasteiger partial charge in [0.2, 0.25) is 0 Å². The van der Waals surface area contributed by atoms with Gasteiger partial charge in [0.1, 0.15) is 0 Å². The predicted octanol–water partition coefficient (Wildman–Crippen LogP) is 4.41. The lowest BCUT2D eigenvalue weighted by atomic mass is 9.90. The molecule has 0 radical (unpaired) electrons. The van der Waals surface area contributed by atoms with Gasteiger partial charge in [-0.15, -0.1) is 0 Å². The molecule has 26 heavy (non-hydrogen) atoms. The summed E-state index contributed by atoms with van der Waals surface area (Å²) in [5.41, 5.74) is 4.72. The third-order valence-electron chi connectivity index (χ3n) is 4.66. The van der Waals surface area contributed by atoms with Crippen LogP contribution in [0, 0.1) is 0 Å². The lowest BCUT2D eigenvalue weighted by Gasteiger charge is -2.17. The second kappa shape index (κ2) is 8.04. The van der Waals surface area contributed by atoms with Gasteiger partial charge in [0.15, 0.2) is 0 Å². The standard InChI is InChI=1S/C21H24N2O3/c1-3-26-21(25)23(2)19-12-10-18(11-13-19)22-20(24)17-9-8-15-6-4-5-7-16(15)14-17/h8-14H,3-7H2,1-2H3,(H,22,24). The van der Waals surface area contributed by atoms with E-state index in [1.54, 1.807) is 38.2 Å². The van der Waals surface area contributed by atoms with Gasteiger partial charge in [-0.25, -0.2) is 4.79 Å². The van der Waals surface area contributed by atoms with Gasteiger partial charge in [-0.05, 0) is 80.1 Å². The molecule has 0 bridgehead atoms. The Morgan fingerprint density at radius 3 is 2.42 bits per heavy atom. The van der Waals surface area contributed by atoms with Gasteiger partial charge in [0.05, 0.1) is 6.61 Å². The number of hydrogen-bond donors (Lipinski definition) is 1. The molecule has 1 aliphatic carbocycles. The molecule has 2 amide bonds. The average molecular weight is 352 g/mol. The molecule has 1 N–H and O–H groups in total. The third-order valence-corrected chi connectivity index (χ3v) is 4.66. The maximum atomic E-state index is 12.5. The highest BCUT2D eigenvalue weighted by Gasteiger charge is 2.14. The van der Waals surface area contributed by atoms with Crippen LogP contribution >= 0.6 is 0 Å². The van der Waals surface area contributed by atoms with E-state index in [9.17, 15) is 9.59 Å². The molecule has 3 rings (SSSR count). The van der Waals surface area contributed by atoms with E-state index in [1.807, 2.05) is 12.1 Å². The summed E-state index contributed by atoms with van der Waals surface area (Å²) in [6.45, 7) is 2.10. The molecular weight excluding hydrogens is 328 g/mol. The van der Waals surface area contributed by atoms with Gasteiger partial charge in [-0.1, -0.05) is 6.07 Å². The monoisotopic (exact) mass is 352 g/mol. The van der Waals surface area contributed by atoms with Gasteiger partial charge in [0, 0.05) is 24.0 Å². The molecule has 1 aliphatic rings. The number of carbonyl (C=O) groups is 2. The van der Waals surface area contributed by atoms with Gasteiger partial charge in [-0.3, -0.25) is 9.69 Å². The van der Waals surface area contributed by atoms with Crippen LogP contribution in [0.15, 0.2) is 42.5 Å². The smallest absolute Gasteiger partial charge is 0.413 e. The first-order valence-corrected chi connectivity index (χ1v) is 9.02. The minimum absolute atomic E-state index is 0.120. The highest BCUT2D eigenvalue weighted by atomic mass is 16.6. The van der Waals surface area contributed by atoms with E-state index in [1.165, 1.54) is 28.9 Å². The van der Waals surface area contributed by atoms with Gasteiger partial charge in [-0.2, -0.15) is 0 Å². The first-order valence-electron chi connectivity index (χ1n) is 9.02. The number of nitrogens with zero attached hydrogens (tertiary/aromatic N) is 1. The molecule has 0 spiro atoms. The number of carbonyl (C=O) groups excluding carboxylic acids is 2. The number of hydrogen-bond acceptors (Lipinski definition) is 3. The van der Waals surface area contributed by atoms with Gasteiger partial charge < -0.3 is 10.1 Å². The van der Waals surface area contributed by atoms with Crippen molar-refractivity contribution in [1.82, 2.24) is 0 Å². The topological polar surface area (TPSA) is 58.6 Å². The molecule has 0 atom stereocenters. The number of benzene rings is 2. The average Bonchev–Trinajstić information content (AvgIpc) is 2.67. The van der Waals surface area contributed by atoms with E-state index in [2.05, 4.69) is 11.4 Å². The summed E-state index contributed by atoms with van der Waals surface area (Å²) in [5.74, 6) is -0.120. The first kappa shape index (κ1) is 18.0. The Morgan fingerprint density at radius 2 is 1.73 bits per heavy atom. The zero-order valence-electron chi connectivity index (χ0n) is 15.2. The second-order valence-electron chi connectivity index (χ2n) is 6.45. The maximum Gasteiger partial charge on any atom is 0.413 e. The zero-order chi connectivity index (χ0) is 18.5. The zero-order valence-corrected chi connectivity index (χ0v) is 15.2. The van der Waals surface area contributed by atoms with Crippen LogP contribution in [0.5, 0.6) is 0 Å². The quantitative estimate of drug-likeness (QED) is 0.887. The van der Waals surface area contributed by atoms with Crippen LogP contribution in [-0.4, -0.2) is 25.7 Å². The van der Waals surface area contributed by atoms with Crippen molar-refractivity contribution in [2.45, 2.75) is 32.6 Å². The van der Waals surface area contributed by atoms with Crippen molar-refractivity contribution < 1.29 is 14.3 Å². The number of anilines is 2. The molecule has 2 aromatic rings. The Kier molecular flexibility index (Phi) is 5.56. The SMILES string of the molecule is CCOC(=O)N(C)c1ccc(NC(=O)c2ccc3c(c2)CCCC3)cc1. The van der Waals surface area contributed by atoms with Crippen LogP contribution in [0.25, 0.3) is 0 Å². The van der Waals surface area contributed by atoms with Crippen LogP contribution in [0.2, 0.25) is 0 Å². The van der Waals surface area contributed by atoms with Crippen molar-refractivity contribution in [3.63, 3.8) is 0 Å². The van der Waals surface area contributed by atoms with Crippen LogP contribution < -0.4 is 10.2 Å². The number of ether oxygens (including phenoxy) is 1. The fraction of sp³-hybridized carbons (Fsp3) is 0.333. The van der Waals surface area contributed by atoms with E-state index in [-0.39, 0.29) is 5.91 Å². The molecular formula is C21H24N2O3. The number of amides is 2. The fourth-order valence-electron chi connectivity index (χ4n) is 3.17. The lowest BCUT2D eigenvalue weighted by molar-refractivity contribution is 0.102. The molecule has 5 heteroatoms. The molecule has 0 aliphatic heterocycles. The Bertz CT molecular complexity index is 799. The van der Waals surface area contributed by atoms with Gasteiger partial charge in [0.25, 0.3) is 5.91 Å². The highest BCUT2D eigenvalue weighted by molar-refractivity contribution is 6.04. The molecule has 5 nitrogen and oxygen atoms in total. The molecule has 0 aromatic heterocycles. The van der Waals surface area contributed by atoms with Crippen molar-refractivity contribution in [3.05, 3.63) is 59.2 Å². The molecule has 0 unspecified atom stereocenters. The van der Waals surface area contributed by atoms with E-state index in [0.717, 1.165) is 12.8 Å². The summed E-state index contributed by atoms with van der Waals surface area (Å²) in [4.78, 5) is 25.7. The number of nitrogens with one attached hydrogen (secondary N) is 1. The molecule has 2 aromatic carbocycles. The minimum Gasteiger partial charge on any atom is -0.449 e. The molecule has 0 heterocycles. The van der Waals surface area contributed by atoms with E-state index in [4.69, 9.17) is 4.74 Å². The number of rotatable bonds is 4. The van der Waals surface area contributed by atoms with Crippen molar-refractivity contribution in [2.24, 2.45) is 0 Å². The van der Waals surface area contributed by atoms with Crippen LogP contribution in [0.3, 0.4) is 0 Å². The van der Waals surface area contributed by atoms with Crippen molar-refractivity contribution in [2.75, 3.05) is 23.9 Å². The second-order valence-corrected chi connectivity index (χ2v) is 6.45. The van der Waals surface area contributed by atoms with Crippen molar-refractivity contribution >= 4 is 23.4 Å². The van der Waals surface area contributed by atoms with E-state index in [0.29, 0.717) is 23.5 Å². The van der Waals surface area contributed by atoms with E-state index < -0.39 is 6.09 Å². The first-order chi connectivity index (χ1) is 12.6. The normalized spacial score (nSPS) is 12.8. The fourth-order valence-corrected chi connectivity index (χ4v) is 3.17. The van der Waals surface area contributed by atoms with E-state index >= 15 is 0 Å². The molecule has 0 saturated carbocycles. The molecule has 0 fully saturated rings. The van der Waals surface area contributed by atoms with Crippen LogP contribution in [0.4, 0.5) is 16.2 Å². The summed E-state index contributed by atoms with van der Waals surface area (Å²) >= 11 is 0. The predicted molar refractivity (Wildman–Crippen MR) is 103 cm³/mol. The van der Waals surface area contributed by atoms with Crippen molar-refractivity contribution in [1.29, 1.82) is 0 Å². The summed E-state index contributed by atoms with van der Waals surface area (Å²) in [6, 6.07) is 13.1. The number of aryl methyl sites for hydroxylation is 2.